The molecule has 9 nitrogen and oxygen atoms in total. The smallest absolute Gasteiger partial charge is 0.357 e. The zero-order valence-electron chi connectivity index (χ0n) is 16.8. The van der Waals surface area contributed by atoms with E-state index in [9.17, 15) is 18.0 Å². The molecule has 1 atom stereocenters. The van der Waals surface area contributed by atoms with Gasteiger partial charge in [0.25, 0.3) is 5.91 Å². The van der Waals surface area contributed by atoms with Crippen molar-refractivity contribution in [1.82, 2.24) is 30.2 Å². The van der Waals surface area contributed by atoms with Crippen LogP contribution in [0.25, 0.3) is 11.4 Å². The van der Waals surface area contributed by atoms with Crippen LogP contribution in [0.2, 0.25) is 0 Å². The van der Waals surface area contributed by atoms with Crippen LogP contribution < -0.4 is 10.2 Å². The summed E-state index contributed by atoms with van der Waals surface area (Å²) in [6, 6.07) is 3.60. The first-order valence-electron chi connectivity index (χ1n) is 9.69. The normalized spacial score (nSPS) is 15.3. The second-order valence-corrected chi connectivity index (χ2v) is 7.28. The second-order valence-electron chi connectivity index (χ2n) is 7.28. The molecule has 1 amide bonds. The Hall–Kier alpha value is -3.44. The quantitative estimate of drug-likeness (QED) is 0.657. The van der Waals surface area contributed by atoms with E-state index in [0.717, 1.165) is 36.4 Å². The van der Waals surface area contributed by atoms with E-state index in [2.05, 4.69) is 30.4 Å². The van der Waals surface area contributed by atoms with Crippen molar-refractivity contribution in [1.29, 1.82) is 0 Å². The lowest BCUT2D eigenvalue weighted by atomic mass is 10.2. The van der Waals surface area contributed by atoms with Crippen molar-refractivity contribution in [3.63, 3.8) is 0 Å². The highest BCUT2D eigenvalue weighted by Gasteiger charge is 2.35. The first-order valence-corrected chi connectivity index (χ1v) is 9.69. The highest BCUT2D eigenvalue weighted by molar-refractivity contribution is 5.92. The third-order valence-corrected chi connectivity index (χ3v) is 5.00. The molecule has 1 aliphatic rings. The summed E-state index contributed by atoms with van der Waals surface area (Å²) < 4.78 is 44.6. The van der Waals surface area contributed by atoms with Crippen molar-refractivity contribution in [2.75, 3.05) is 18.0 Å². The number of carbonyl (C=O) groups is 1. The highest BCUT2D eigenvalue weighted by Crippen LogP contribution is 2.28. The van der Waals surface area contributed by atoms with Gasteiger partial charge in [-0.05, 0) is 31.9 Å². The highest BCUT2D eigenvalue weighted by atomic mass is 19.4. The van der Waals surface area contributed by atoms with E-state index in [0.29, 0.717) is 17.5 Å². The molecular weight excluding hydrogens is 415 g/mol. The number of halogens is 3. The third-order valence-electron chi connectivity index (χ3n) is 5.00. The Morgan fingerprint density at radius 1 is 1.26 bits per heavy atom. The van der Waals surface area contributed by atoms with Crippen molar-refractivity contribution in [2.24, 2.45) is 7.05 Å². The Kier molecular flexibility index (Phi) is 5.38. The lowest BCUT2D eigenvalue weighted by molar-refractivity contribution is -0.141. The van der Waals surface area contributed by atoms with Gasteiger partial charge in [-0.25, -0.2) is 4.98 Å². The summed E-state index contributed by atoms with van der Waals surface area (Å²) >= 11 is 0. The van der Waals surface area contributed by atoms with Crippen LogP contribution in [0.15, 0.2) is 28.9 Å². The molecule has 0 unspecified atom stereocenters. The molecule has 3 aromatic heterocycles. The third kappa shape index (κ3) is 4.37. The first kappa shape index (κ1) is 20.8. The molecule has 1 fully saturated rings. The fourth-order valence-electron chi connectivity index (χ4n) is 3.36. The predicted molar refractivity (Wildman–Crippen MR) is 103 cm³/mol. The summed E-state index contributed by atoms with van der Waals surface area (Å²) in [5, 5.41) is 9.85. The molecule has 0 saturated carbocycles. The Bertz CT molecular complexity index is 1090. The average molecular weight is 435 g/mol. The van der Waals surface area contributed by atoms with Crippen molar-refractivity contribution < 1.29 is 22.5 Å². The van der Waals surface area contributed by atoms with Gasteiger partial charge in [-0.15, -0.1) is 0 Å². The zero-order chi connectivity index (χ0) is 22.2. The molecule has 0 radical (unpaired) electrons. The monoisotopic (exact) mass is 435 g/mol. The van der Waals surface area contributed by atoms with E-state index in [-0.39, 0.29) is 11.6 Å². The van der Waals surface area contributed by atoms with Gasteiger partial charge in [0.15, 0.2) is 5.69 Å². The summed E-state index contributed by atoms with van der Waals surface area (Å²) in [4.78, 5) is 23.3. The average Bonchev–Trinajstić information content (AvgIpc) is 3.47. The summed E-state index contributed by atoms with van der Waals surface area (Å²) in [7, 11) is 1.26. The van der Waals surface area contributed by atoms with Crippen LogP contribution in [-0.2, 0) is 13.2 Å². The molecule has 3 aromatic rings. The maximum atomic E-state index is 12.8. The minimum atomic E-state index is -4.64. The molecule has 12 heteroatoms. The number of nitrogens with zero attached hydrogens (tertiary/aromatic N) is 6. The number of amides is 1. The van der Waals surface area contributed by atoms with Crippen LogP contribution in [0.5, 0.6) is 0 Å². The molecule has 0 bridgehead atoms. The largest absolute Gasteiger partial charge is 0.435 e. The lowest BCUT2D eigenvalue weighted by Gasteiger charge is -2.16. The molecule has 0 aromatic carbocycles. The lowest BCUT2D eigenvalue weighted by Crippen LogP contribution is -2.28. The summed E-state index contributed by atoms with van der Waals surface area (Å²) in [5.74, 6) is 0.553. The molecule has 4 rings (SSSR count). The number of hydrogen-bond acceptors (Lipinski definition) is 7. The fraction of sp³-hybridized carbons (Fsp3) is 0.421. The first-order chi connectivity index (χ1) is 14.7. The van der Waals surface area contributed by atoms with Crippen LogP contribution in [0.1, 0.15) is 47.9 Å². The second kappa shape index (κ2) is 8.00. The van der Waals surface area contributed by atoms with Crippen molar-refractivity contribution >= 4 is 11.7 Å². The SMILES string of the molecule is C[C@H](NC(=O)c1cc(C(F)(F)F)nn1C)c1nc(-c2ccnc(N3CCCC3)c2)no1. The standard InChI is InChI=1S/C19H20F3N7O2/c1-11(24-17(30)13-10-14(19(20,21)22)26-28(13)2)18-25-16(27-31-18)12-5-6-23-15(9-12)29-7-3-4-8-29/h5-6,9-11H,3-4,7-8H2,1-2H3,(H,24,30)/t11-/m0/s1. The zero-order valence-corrected chi connectivity index (χ0v) is 16.8. The van der Waals surface area contributed by atoms with Gasteiger partial charge in [0.2, 0.25) is 11.7 Å². The Labute approximate surface area is 175 Å². The maximum Gasteiger partial charge on any atom is 0.435 e. The number of aryl methyl sites for hydroxylation is 1. The molecular formula is C19H20F3N7O2. The van der Waals surface area contributed by atoms with Gasteiger partial charge in [-0.2, -0.15) is 23.3 Å². The van der Waals surface area contributed by atoms with Gasteiger partial charge in [-0.1, -0.05) is 5.16 Å². The van der Waals surface area contributed by atoms with E-state index in [4.69, 9.17) is 4.52 Å². The Morgan fingerprint density at radius 3 is 2.68 bits per heavy atom. The maximum absolute atomic E-state index is 12.8. The van der Waals surface area contributed by atoms with Gasteiger partial charge >= 0.3 is 6.18 Å². The molecule has 4 heterocycles. The predicted octanol–water partition coefficient (Wildman–Crippen LogP) is 2.98. The molecule has 0 spiro atoms. The van der Waals surface area contributed by atoms with Crippen molar-refractivity contribution in [3.8, 4) is 11.4 Å². The molecule has 1 aliphatic heterocycles. The van der Waals surface area contributed by atoms with Crippen LogP contribution in [0.3, 0.4) is 0 Å². The summed E-state index contributed by atoms with van der Waals surface area (Å²) in [5.41, 5.74) is -0.658. The molecule has 1 N–H and O–H groups in total. The van der Waals surface area contributed by atoms with E-state index >= 15 is 0 Å². The number of anilines is 1. The number of carbonyl (C=O) groups excluding carboxylic acids is 1. The van der Waals surface area contributed by atoms with Gasteiger partial charge in [-0.3, -0.25) is 9.48 Å². The molecule has 164 valence electrons. The van der Waals surface area contributed by atoms with E-state index in [1.54, 1.807) is 19.2 Å². The molecule has 31 heavy (non-hydrogen) atoms. The fourth-order valence-corrected chi connectivity index (χ4v) is 3.36. The minimum absolute atomic E-state index is 0.126. The minimum Gasteiger partial charge on any atom is -0.357 e. The molecule has 1 saturated heterocycles. The van der Waals surface area contributed by atoms with Gasteiger partial charge in [0, 0.05) is 38.0 Å². The summed E-state index contributed by atoms with van der Waals surface area (Å²) in [6.45, 7) is 3.49. The number of nitrogens with one attached hydrogen (secondary N) is 1. The van der Waals surface area contributed by atoms with Gasteiger partial charge in [0.1, 0.15) is 17.6 Å². The summed E-state index contributed by atoms with van der Waals surface area (Å²) in [6.07, 6.45) is -0.722. The van der Waals surface area contributed by atoms with E-state index in [1.165, 1.54) is 7.05 Å². The molecule has 0 aliphatic carbocycles. The van der Waals surface area contributed by atoms with Crippen molar-refractivity contribution in [2.45, 2.75) is 32.0 Å². The van der Waals surface area contributed by atoms with Crippen LogP contribution in [0.4, 0.5) is 19.0 Å². The number of pyridine rings is 1. The van der Waals surface area contributed by atoms with Gasteiger partial charge in [0.05, 0.1) is 0 Å². The number of rotatable bonds is 5. The van der Waals surface area contributed by atoms with Crippen LogP contribution >= 0.6 is 0 Å². The van der Waals surface area contributed by atoms with Crippen LogP contribution in [-0.4, -0.2) is 43.9 Å². The van der Waals surface area contributed by atoms with Crippen molar-refractivity contribution in [3.05, 3.63) is 41.7 Å². The number of alkyl halides is 3. The topological polar surface area (TPSA) is 102 Å². The van der Waals surface area contributed by atoms with E-state index in [1.807, 2.05) is 6.07 Å². The van der Waals surface area contributed by atoms with Crippen LogP contribution in [0, 0.1) is 0 Å². The Morgan fingerprint density at radius 2 is 2.00 bits per heavy atom. The van der Waals surface area contributed by atoms with E-state index < -0.39 is 23.8 Å². The number of hydrogen-bond donors (Lipinski definition) is 1. The Balaban J connectivity index is 1.47. The van der Waals surface area contributed by atoms with Gasteiger partial charge < -0.3 is 14.7 Å². The number of aromatic nitrogens is 5.